The first kappa shape index (κ1) is 29.0. The Labute approximate surface area is 240 Å². The number of nitrogens with zero attached hydrogens (tertiary/aromatic N) is 4. The van der Waals surface area contributed by atoms with Gasteiger partial charge in [-0.05, 0) is 69.4 Å². The van der Waals surface area contributed by atoms with Crippen molar-refractivity contribution in [2.45, 2.75) is 67.9 Å². The number of ketones is 1. The van der Waals surface area contributed by atoms with E-state index in [-0.39, 0.29) is 35.4 Å². The lowest BCUT2D eigenvalue weighted by molar-refractivity contribution is -0.137. The zero-order chi connectivity index (χ0) is 28.7. The summed E-state index contributed by atoms with van der Waals surface area (Å²) in [5, 5.41) is 0. The molecule has 0 bridgehead atoms. The highest BCUT2D eigenvalue weighted by Gasteiger charge is 2.39. The topological polar surface area (TPSA) is 83.5 Å². The average molecular weight is 613 g/mol. The number of alkyl halides is 3. The van der Waals surface area contributed by atoms with E-state index in [2.05, 4.69) is 16.8 Å². The number of rotatable bonds is 8. The number of sulfonamides is 1. The fraction of sp³-hybridized carbons (Fsp3) is 0.444. The van der Waals surface area contributed by atoms with Crippen LogP contribution in [0.25, 0.3) is 11.3 Å². The number of halogens is 4. The molecule has 0 amide bonds. The van der Waals surface area contributed by atoms with Gasteiger partial charge in [-0.15, -0.1) is 11.3 Å². The second-order valence-corrected chi connectivity index (χ2v) is 13.9. The molecule has 0 N–H and O–H groups in total. The third kappa shape index (κ3) is 6.05. The predicted molar refractivity (Wildman–Crippen MR) is 148 cm³/mol. The maximum absolute atomic E-state index is 13.3. The molecule has 0 radical (unpaired) electrons. The highest BCUT2D eigenvalue weighted by Crippen LogP contribution is 2.34. The van der Waals surface area contributed by atoms with Crippen molar-refractivity contribution in [2.75, 3.05) is 18.0 Å². The summed E-state index contributed by atoms with van der Waals surface area (Å²) in [5.41, 5.74) is 0.814. The lowest BCUT2D eigenvalue weighted by Crippen LogP contribution is -2.40. The molecule has 2 atom stereocenters. The van der Waals surface area contributed by atoms with Gasteiger partial charge < -0.3 is 4.90 Å². The molecule has 3 aromatic rings. The van der Waals surface area contributed by atoms with Gasteiger partial charge in [-0.1, -0.05) is 23.7 Å². The van der Waals surface area contributed by atoms with Crippen LogP contribution in [0, 0.1) is 0 Å². The standard InChI is InChI=1S/C27H28ClF3N4O3S2/c1-17-4-2-14-34(17)26-32-20(16-21(33-26)18-6-8-19(9-7-18)27(29,30)31)10-11-23(36)22-5-3-15-35(22)40(37,38)25-13-12-24(28)39-25/h6-9,12-13,16-17,22H,2-5,10-11,14-15H2,1H3/t17-,22+/m1/s1. The van der Waals surface area contributed by atoms with Crippen molar-refractivity contribution in [3.05, 3.63) is 58.1 Å². The molecule has 13 heteroatoms. The van der Waals surface area contributed by atoms with Gasteiger partial charge in [-0.3, -0.25) is 4.79 Å². The Bertz CT molecular complexity index is 1500. The first-order chi connectivity index (χ1) is 18.9. The second kappa shape index (κ2) is 11.4. The average Bonchev–Trinajstić information content (AvgIpc) is 3.68. The number of aromatic nitrogens is 2. The summed E-state index contributed by atoms with van der Waals surface area (Å²) in [6.45, 7) is 3.09. The van der Waals surface area contributed by atoms with Crippen LogP contribution in [0.2, 0.25) is 4.34 Å². The molecule has 0 unspecified atom stereocenters. The SMILES string of the molecule is C[C@@H]1CCCN1c1nc(CCC(=O)[C@@H]2CCCN2S(=O)(=O)c2ccc(Cl)s2)cc(-c2ccc(C(F)(F)F)cc2)n1. The van der Waals surface area contributed by atoms with Crippen LogP contribution < -0.4 is 4.90 Å². The summed E-state index contributed by atoms with van der Waals surface area (Å²) in [5.74, 6) is 0.277. The zero-order valence-corrected chi connectivity index (χ0v) is 24.1. The lowest BCUT2D eigenvalue weighted by Gasteiger charge is -2.23. The molecular weight excluding hydrogens is 585 g/mol. The number of thiophene rings is 1. The molecule has 2 aliphatic heterocycles. The van der Waals surface area contributed by atoms with Crippen molar-refractivity contribution >= 4 is 44.7 Å². The zero-order valence-electron chi connectivity index (χ0n) is 21.7. The van der Waals surface area contributed by atoms with Crippen LogP contribution >= 0.6 is 22.9 Å². The minimum absolute atomic E-state index is 0.0698. The number of anilines is 1. The summed E-state index contributed by atoms with van der Waals surface area (Å²) in [4.78, 5) is 24.7. The Balaban J connectivity index is 1.38. The van der Waals surface area contributed by atoms with Crippen molar-refractivity contribution in [1.82, 2.24) is 14.3 Å². The maximum Gasteiger partial charge on any atom is 0.416 e. The number of benzene rings is 1. The first-order valence-electron chi connectivity index (χ1n) is 13.1. The van der Waals surface area contributed by atoms with Gasteiger partial charge in [-0.2, -0.15) is 17.5 Å². The first-order valence-corrected chi connectivity index (χ1v) is 15.7. The molecular formula is C27H28ClF3N4O3S2. The lowest BCUT2D eigenvalue weighted by atomic mass is 10.0. The van der Waals surface area contributed by atoms with E-state index in [9.17, 15) is 26.4 Å². The third-order valence-corrected chi connectivity index (χ3v) is 11.0. The minimum atomic E-state index is -4.44. The molecule has 0 saturated carbocycles. The molecule has 2 aliphatic rings. The van der Waals surface area contributed by atoms with E-state index in [4.69, 9.17) is 16.6 Å². The summed E-state index contributed by atoms with van der Waals surface area (Å²) < 4.78 is 67.4. The summed E-state index contributed by atoms with van der Waals surface area (Å²) in [6, 6.07) is 8.92. The van der Waals surface area contributed by atoms with Crippen LogP contribution in [0.15, 0.2) is 46.7 Å². The van der Waals surface area contributed by atoms with E-state index in [0.717, 1.165) is 42.9 Å². The number of carbonyl (C=O) groups is 1. The van der Waals surface area contributed by atoms with Gasteiger partial charge in [0, 0.05) is 36.8 Å². The number of Topliss-reactive ketones (excluding diaryl/α,β-unsaturated/α-hetero) is 1. The highest BCUT2D eigenvalue weighted by atomic mass is 35.5. The molecule has 2 aromatic heterocycles. The minimum Gasteiger partial charge on any atom is -0.338 e. The van der Waals surface area contributed by atoms with Gasteiger partial charge in [-0.25, -0.2) is 18.4 Å². The predicted octanol–water partition coefficient (Wildman–Crippen LogP) is 6.22. The van der Waals surface area contributed by atoms with Crippen LogP contribution in [0.3, 0.4) is 0 Å². The van der Waals surface area contributed by atoms with Gasteiger partial charge in [0.1, 0.15) is 4.21 Å². The molecule has 2 saturated heterocycles. The number of aryl methyl sites for hydroxylation is 1. The Morgan fingerprint density at radius 1 is 1.07 bits per heavy atom. The molecule has 40 heavy (non-hydrogen) atoms. The van der Waals surface area contributed by atoms with E-state index in [1.165, 1.54) is 28.6 Å². The molecule has 1 aromatic carbocycles. The Morgan fingerprint density at radius 2 is 1.80 bits per heavy atom. The monoisotopic (exact) mass is 612 g/mol. The van der Waals surface area contributed by atoms with Crippen LogP contribution in [0.4, 0.5) is 19.1 Å². The van der Waals surface area contributed by atoms with Crippen LogP contribution in [0.1, 0.15) is 50.3 Å². The van der Waals surface area contributed by atoms with Crippen LogP contribution in [0.5, 0.6) is 0 Å². The van der Waals surface area contributed by atoms with Crippen molar-refractivity contribution in [3.8, 4) is 11.3 Å². The van der Waals surface area contributed by atoms with Crippen molar-refractivity contribution < 1.29 is 26.4 Å². The largest absolute Gasteiger partial charge is 0.416 e. The molecule has 0 spiro atoms. The number of hydrogen-bond donors (Lipinski definition) is 0. The van der Waals surface area contributed by atoms with Crippen LogP contribution in [-0.2, 0) is 27.4 Å². The molecule has 4 heterocycles. The van der Waals surface area contributed by atoms with Crippen molar-refractivity contribution in [3.63, 3.8) is 0 Å². The molecule has 214 valence electrons. The Hall–Kier alpha value is -2.54. The number of hydrogen-bond acceptors (Lipinski definition) is 7. The summed E-state index contributed by atoms with van der Waals surface area (Å²) >= 11 is 6.91. The van der Waals surface area contributed by atoms with Crippen LogP contribution in [-0.4, -0.2) is 53.6 Å². The molecule has 7 nitrogen and oxygen atoms in total. The van der Waals surface area contributed by atoms with E-state index < -0.39 is 27.8 Å². The maximum atomic E-state index is 13.3. The summed E-state index contributed by atoms with van der Waals surface area (Å²) in [6.07, 6.45) is -1.15. The summed E-state index contributed by atoms with van der Waals surface area (Å²) in [7, 11) is -3.84. The molecule has 0 aliphatic carbocycles. The second-order valence-electron chi connectivity index (χ2n) is 10.1. The van der Waals surface area contributed by atoms with Gasteiger partial charge in [0.15, 0.2) is 5.78 Å². The molecule has 2 fully saturated rings. The van der Waals surface area contributed by atoms with Crippen molar-refractivity contribution in [1.29, 1.82) is 0 Å². The van der Waals surface area contributed by atoms with E-state index >= 15 is 0 Å². The fourth-order valence-corrected chi connectivity index (χ4v) is 8.56. The Morgan fingerprint density at radius 3 is 2.42 bits per heavy atom. The van der Waals surface area contributed by atoms with Gasteiger partial charge in [0.2, 0.25) is 5.95 Å². The number of carbonyl (C=O) groups excluding carboxylic acids is 1. The quantitative estimate of drug-likeness (QED) is 0.300. The Kier molecular flexibility index (Phi) is 8.24. The van der Waals surface area contributed by atoms with Gasteiger partial charge in [0.05, 0.1) is 21.6 Å². The third-order valence-electron chi connectivity index (χ3n) is 7.40. The van der Waals surface area contributed by atoms with Crippen molar-refractivity contribution in [2.24, 2.45) is 0 Å². The highest BCUT2D eigenvalue weighted by molar-refractivity contribution is 7.91. The van der Waals surface area contributed by atoms with Gasteiger partial charge >= 0.3 is 6.18 Å². The van der Waals surface area contributed by atoms with Gasteiger partial charge in [0.25, 0.3) is 10.0 Å². The molecule has 5 rings (SSSR count). The van der Waals surface area contributed by atoms with E-state index in [1.54, 1.807) is 6.07 Å². The van der Waals surface area contributed by atoms with E-state index in [0.29, 0.717) is 40.1 Å². The smallest absolute Gasteiger partial charge is 0.338 e. The fourth-order valence-electron chi connectivity index (χ4n) is 5.27. The normalized spacial score (nSPS) is 20.4. The van der Waals surface area contributed by atoms with E-state index in [1.807, 2.05) is 0 Å².